The largest absolute Gasteiger partial charge is 0.496 e. The lowest BCUT2D eigenvalue weighted by atomic mass is 10.1. The third-order valence-electron chi connectivity index (χ3n) is 6.86. The number of benzene rings is 3. The fourth-order valence-corrected chi connectivity index (χ4v) is 4.77. The average molecular weight is 578 g/mol. The second-order valence-electron chi connectivity index (χ2n) is 9.64. The van der Waals surface area contributed by atoms with Crippen LogP contribution in [0.4, 0.5) is 0 Å². The molecule has 216 valence electrons. The number of nitrogens with one attached hydrogen (secondary N) is 1. The van der Waals surface area contributed by atoms with Crippen LogP contribution in [0.3, 0.4) is 0 Å². The first-order valence-electron chi connectivity index (χ1n) is 13.6. The first-order valence-corrected chi connectivity index (χ1v) is 14.0. The minimum absolute atomic E-state index is 0.0739. The molecule has 0 fully saturated rings. The van der Waals surface area contributed by atoms with Gasteiger partial charge in [-0.15, -0.1) is 0 Å². The van der Waals surface area contributed by atoms with Crippen molar-refractivity contribution in [2.45, 2.75) is 19.4 Å². The highest BCUT2D eigenvalue weighted by molar-refractivity contribution is 6.30. The molecule has 1 heterocycles. The van der Waals surface area contributed by atoms with Crippen LogP contribution in [0.1, 0.15) is 17.5 Å². The van der Waals surface area contributed by atoms with E-state index in [1.165, 1.54) is 4.90 Å². The summed E-state index contributed by atoms with van der Waals surface area (Å²) in [4.78, 5) is 33.7. The lowest BCUT2D eigenvalue weighted by Crippen LogP contribution is -2.45. The first-order chi connectivity index (χ1) is 20.0. The molecule has 0 aliphatic heterocycles. The third kappa shape index (κ3) is 8.49. The number of para-hydroxylation sites is 2. The highest BCUT2D eigenvalue weighted by Gasteiger charge is 2.23. The number of hydrogen-bond donors (Lipinski definition) is 1. The van der Waals surface area contributed by atoms with Gasteiger partial charge in [-0.25, -0.2) is 0 Å². The number of aromatic nitrogens is 1. The predicted molar refractivity (Wildman–Crippen MR) is 160 cm³/mol. The van der Waals surface area contributed by atoms with Gasteiger partial charge in [-0.05, 0) is 54.8 Å². The van der Waals surface area contributed by atoms with Crippen molar-refractivity contribution in [1.29, 1.82) is 0 Å². The minimum atomic E-state index is -0.279. The van der Waals surface area contributed by atoms with Crippen LogP contribution < -0.4 is 9.47 Å². The Labute approximate surface area is 245 Å². The molecule has 8 nitrogen and oxygen atoms in total. The summed E-state index contributed by atoms with van der Waals surface area (Å²) in [7, 11) is 3.23. The molecule has 41 heavy (non-hydrogen) atoms. The Morgan fingerprint density at radius 1 is 0.854 bits per heavy atom. The first kappa shape index (κ1) is 30.0. The van der Waals surface area contributed by atoms with Gasteiger partial charge in [0.15, 0.2) is 6.61 Å². The van der Waals surface area contributed by atoms with Crippen LogP contribution >= 0.6 is 11.6 Å². The van der Waals surface area contributed by atoms with E-state index in [1.54, 1.807) is 43.4 Å². The summed E-state index contributed by atoms with van der Waals surface area (Å²) < 4.78 is 16.4. The summed E-state index contributed by atoms with van der Waals surface area (Å²) in [6, 6.07) is 22.6. The Balaban J connectivity index is 1.50. The summed E-state index contributed by atoms with van der Waals surface area (Å²) in [5.74, 6) is 0.801. The summed E-state index contributed by atoms with van der Waals surface area (Å²) >= 11 is 5.95. The van der Waals surface area contributed by atoms with Crippen LogP contribution in [0.2, 0.25) is 5.02 Å². The van der Waals surface area contributed by atoms with Gasteiger partial charge in [0.2, 0.25) is 5.91 Å². The Bertz CT molecular complexity index is 1420. The Morgan fingerprint density at radius 2 is 1.61 bits per heavy atom. The normalized spacial score (nSPS) is 10.9. The number of rotatable bonds is 15. The second kappa shape index (κ2) is 15.1. The van der Waals surface area contributed by atoms with Crippen molar-refractivity contribution >= 4 is 34.3 Å². The molecule has 0 aliphatic rings. The molecule has 0 radical (unpaired) electrons. The molecule has 0 aliphatic carbocycles. The number of halogens is 1. The van der Waals surface area contributed by atoms with Crippen LogP contribution in [0.15, 0.2) is 79.0 Å². The van der Waals surface area contributed by atoms with Gasteiger partial charge in [-0.3, -0.25) is 9.59 Å². The van der Waals surface area contributed by atoms with Crippen molar-refractivity contribution in [2.75, 3.05) is 47.1 Å². The molecule has 0 spiro atoms. The fourth-order valence-electron chi connectivity index (χ4n) is 4.65. The highest BCUT2D eigenvalue weighted by atomic mass is 35.5. The number of fused-ring (bicyclic) bond motifs is 1. The zero-order valence-electron chi connectivity index (χ0n) is 23.5. The average Bonchev–Trinajstić information content (AvgIpc) is 3.41. The van der Waals surface area contributed by atoms with Crippen molar-refractivity contribution in [3.63, 3.8) is 0 Å². The zero-order valence-corrected chi connectivity index (χ0v) is 24.2. The molecule has 0 bridgehead atoms. The van der Waals surface area contributed by atoms with Gasteiger partial charge in [0.25, 0.3) is 5.91 Å². The van der Waals surface area contributed by atoms with Gasteiger partial charge in [-0.2, -0.15) is 0 Å². The molecule has 0 saturated heterocycles. The number of hydrogen-bond acceptors (Lipinski definition) is 5. The number of carbonyl (C=O) groups is 2. The summed E-state index contributed by atoms with van der Waals surface area (Å²) in [6.45, 7) is 1.40. The van der Waals surface area contributed by atoms with Gasteiger partial charge in [0.1, 0.15) is 11.5 Å². The number of aromatic amines is 1. The maximum absolute atomic E-state index is 13.8. The standard InChI is InChI=1S/C32H36ClN3O5/c1-39-19-7-17-35(32(38)23-41-27-14-12-26(33)13-15-27)22-31(37)36(21-25-8-3-6-11-30(25)40-2)18-16-24-20-34-29-10-5-4-9-28(24)29/h3-6,8-15,20,34H,7,16-19,21-23H2,1-2H3. The van der Waals surface area contributed by atoms with E-state index in [1.807, 2.05) is 48.7 Å². The van der Waals surface area contributed by atoms with Crippen LogP contribution in [0.5, 0.6) is 11.5 Å². The maximum atomic E-state index is 13.8. The van der Waals surface area contributed by atoms with Crippen molar-refractivity contribution in [2.24, 2.45) is 0 Å². The molecule has 4 aromatic rings. The zero-order chi connectivity index (χ0) is 29.0. The monoisotopic (exact) mass is 577 g/mol. The van der Waals surface area contributed by atoms with Crippen LogP contribution in [-0.4, -0.2) is 73.7 Å². The number of H-pyrrole nitrogens is 1. The molecular weight excluding hydrogens is 542 g/mol. The summed E-state index contributed by atoms with van der Waals surface area (Å²) in [6.07, 6.45) is 3.24. The number of ether oxygens (including phenoxy) is 3. The van der Waals surface area contributed by atoms with Crippen LogP contribution in [0, 0.1) is 0 Å². The summed E-state index contributed by atoms with van der Waals surface area (Å²) in [5, 5.41) is 1.71. The molecule has 9 heteroatoms. The lowest BCUT2D eigenvalue weighted by Gasteiger charge is -2.28. The number of methoxy groups -OCH3 is 2. The maximum Gasteiger partial charge on any atom is 0.260 e. The minimum Gasteiger partial charge on any atom is -0.496 e. The van der Waals surface area contributed by atoms with Crippen LogP contribution in [0.25, 0.3) is 10.9 Å². The van der Waals surface area contributed by atoms with E-state index in [0.717, 1.165) is 22.0 Å². The molecule has 1 N–H and O–H groups in total. The molecule has 4 rings (SSSR count). The van der Waals surface area contributed by atoms with Gasteiger partial charge < -0.3 is 29.0 Å². The van der Waals surface area contributed by atoms with Crippen molar-refractivity contribution < 1.29 is 23.8 Å². The number of amides is 2. The molecule has 0 saturated carbocycles. The Morgan fingerprint density at radius 3 is 2.39 bits per heavy atom. The molecule has 3 aromatic carbocycles. The molecule has 1 aromatic heterocycles. The van der Waals surface area contributed by atoms with Crippen molar-refractivity contribution in [3.8, 4) is 11.5 Å². The number of carbonyl (C=O) groups excluding carboxylic acids is 2. The van der Waals surface area contributed by atoms with Gasteiger partial charge >= 0.3 is 0 Å². The van der Waals surface area contributed by atoms with E-state index in [-0.39, 0.29) is 25.0 Å². The SMILES string of the molecule is COCCCN(CC(=O)N(CCc1c[nH]c2ccccc12)Cc1ccccc1OC)C(=O)COc1ccc(Cl)cc1. The van der Waals surface area contributed by atoms with E-state index in [0.29, 0.717) is 55.6 Å². The Kier molecular flexibility index (Phi) is 11.0. The van der Waals surface area contributed by atoms with Crippen LogP contribution in [-0.2, 0) is 27.3 Å². The van der Waals surface area contributed by atoms with E-state index in [4.69, 9.17) is 25.8 Å². The van der Waals surface area contributed by atoms with E-state index < -0.39 is 0 Å². The molecule has 2 amide bonds. The highest BCUT2D eigenvalue weighted by Crippen LogP contribution is 2.22. The van der Waals surface area contributed by atoms with Gasteiger partial charge in [0.05, 0.1) is 13.7 Å². The Hall–Kier alpha value is -4.01. The second-order valence-corrected chi connectivity index (χ2v) is 10.1. The fraction of sp³-hybridized carbons (Fsp3) is 0.312. The lowest BCUT2D eigenvalue weighted by molar-refractivity contribution is -0.142. The third-order valence-corrected chi connectivity index (χ3v) is 7.12. The van der Waals surface area contributed by atoms with E-state index in [2.05, 4.69) is 11.1 Å². The molecule has 0 atom stereocenters. The van der Waals surface area contributed by atoms with E-state index in [9.17, 15) is 9.59 Å². The molecular formula is C32H36ClN3O5. The predicted octanol–water partition coefficient (Wildman–Crippen LogP) is 5.35. The van der Waals surface area contributed by atoms with Crippen molar-refractivity contribution in [1.82, 2.24) is 14.8 Å². The van der Waals surface area contributed by atoms with Gasteiger partial charge in [-0.1, -0.05) is 48.0 Å². The van der Waals surface area contributed by atoms with Gasteiger partial charge in [0, 0.05) is 61.0 Å². The van der Waals surface area contributed by atoms with Crippen molar-refractivity contribution in [3.05, 3.63) is 95.1 Å². The topological polar surface area (TPSA) is 84.1 Å². The van der Waals surface area contributed by atoms with E-state index >= 15 is 0 Å². The quantitative estimate of drug-likeness (QED) is 0.193. The smallest absolute Gasteiger partial charge is 0.260 e. The summed E-state index contributed by atoms with van der Waals surface area (Å²) in [5.41, 5.74) is 3.08. The number of nitrogens with zero attached hydrogens (tertiary/aromatic N) is 2. The molecule has 0 unspecified atom stereocenters.